The molecule has 2 N–H and O–H groups in total. The largest absolute Gasteiger partial charge is 0.379 e. The van der Waals surface area contributed by atoms with Crippen LogP contribution in [0.3, 0.4) is 0 Å². The van der Waals surface area contributed by atoms with Crippen LogP contribution in [0, 0.1) is 17.8 Å². The summed E-state index contributed by atoms with van der Waals surface area (Å²) < 4.78 is 5.36. The maximum atomic E-state index is 5.95. The van der Waals surface area contributed by atoms with E-state index in [0.717, 1.165) is 31.6 Å². The minimum atomic E-state index is 0.258. The molecule has 0 aromatic rings. The molecular formula is C11H22N2O. The third-order valence-corrected chi connectivity index (χ3v) is 3.62. The van der Waals surface area contributed by atoms with E-state index < -0.39 is 0 Å². The zero-order valence-electron chi connectivity index (χ0n) is 9.28. The maximum Gasteiger partial charge on any atom is 0.0621 e. The van der Waals surface area contributed by atoms with Crippen molar-refractivity contribution in [3.63, 3.8) is 0 Å². The van der Waals surface area contributed by atoms with Crippen molar-refractivity contribution >= 4 is 0 Å². The summed E-state index contributed by atoms with van der Waals surface area (Å²) in [4.78, 5) is 2.42. The standard InChI is InChI=1S/C11H22N2O/c1-8-3-9(8)4-13(2)5-10-6-14-7-11(10)12/h8-11H,3-7,12H2,1-2H3. The number of ether oxygens (including phenoxy) is 1. The fourth-order valence-electron chi connectivity index (χ4n) is 2.33. The van der Waals surface area contributed by atoms with Gasteiger partial charge in [0.2, 0.25) is 0 Å². The average Bonchev–Trinajstić information content (AvgIpc) is 2.63. The van der Waals surface area contributed by atoms with Gasteiger partial charge in [0.25, 0.3) is 0 Å². The molecule has 0 radical (unpaired) electrons. The number of nitrogens with zero attached hydrogens (tertiary/aromatic N) is 1. The third kappa shape index (κ3) is 2.47. The summed E-state index contributed by atoms with van der Waals surface area (Å²) in [6, 6.07) is 0.258. The molecule has 3 heteroatoms. The molecule has 82 valence electrons. The second-order valence-electron chi connectivity index (χ2n) is 5.16. The predicted molar refractivity (Wildman–Crippen MR) is 57.1 cm³/mol. The van der Waals surface area contributed by atoms with E-state index in [-0.39, 0.29) is 6.04 Å². The van der Waals surface area contributed by atoms with Crippen molar-refractivity contribution in [3.8, 4) is 0 Å². The van der Waals surface area contributed by atoms with E-state index in [1.807, 2.05) is 0 Å². The molecule has 4 unspecified atom stereocenters. The quantitative estimate of drug-likeness (QED) is 0.717. The van der Waals surface area contributed by atoms with Gasteiger partial charge in [-0.2, -0.15) is 0 Å². The number of hydrogen-bond donors (Lipinski definition) is 1. The highest BCUT2D eigenvalue weighted by molar-refractivity contribution is 4.86. The molecule has 1 heterocycles. The van der Waals surface area contributed by atoms with E-state index in [1.54, 1.807) is 0 Å². The molecular weight excluding hydrogens is 176 g/mol. The zero-order chi connectivity index (χ0) is 10.1. The Balaban J connectivity index is 1.68. The lowest BCUT2D eigenvalue weighted by Gasteiger charge is -2.22. The molecule has 1 aliphatic heterocycles. The summed E-state index contributed by atoms with van der Waals surface area (Å²) in [7, 11) is 2.20. The SMILES string of the molecule is CC1CC1CN(C)CC1COCC1N. The van der Waals surface area contributed by atoms with Crippen molar-refractivity contribution in [2.45, 2.75) is 19.4 Å². The first kappa shape index (κ1) is 10.4. The Morgan fingerprint density at radius 3 is 2.43 bits per heavy atom. The van der Waals surface area contributed by atoms with Gasteiger partial charge in [-0.1, -0.05) is 6.92 Å². The molecule has 1 aliphatic carbocycles. The Morgan fingerprint density at radius 1 is 1.29 bits per heavy atom. The van der Waals surface area contributed by atoms with Gasteiger partial charge in [-0.15, -0.1) is 0 Å². The Bertz CT molecular complexity index is 198. The lowest BCUT2D eigenvalue weighted by Crippen LogP contribution is -2.37. The molecule has 2 fully saturated rings. The van der Waals surface area contributed by atoms with Gasteiger partial charge in [0.05, 0.1) is 13.2 Å². The molecule has 4 atom stereocenters. The van der Waals surface area contributed by atoms with Crippen molar-refractivity contribution in [3.05, 3.63) is 0 Å². The summed E-state index contributed by atoms with van der Waals surface area (Å²) in [5, 5.41) is 0. The first-order valence-electron chi connectivity index (χ1n) is 5.68. The summed E-state index contributed by atoms with van der Waals surface area (Å²) in [6.45, 7) is 6.28. The van der Waals surface area contributed by atoms with Gasteiger partial charge in [0.1, 0.15) is 0 Å². The van der Waals surface area contributed by atoms with Crippen LogP contribution in [0.15, 0.2) is 0 Å². The molecule has 3 nitrogen and oxygen atoms in total. The molecule has 14 heavy (non-hydrogen) atoms. The van der Waals surface area contributed by atoms with E-state index in [0.29, 0.717) is 5.92 Å². The second kappa shape index (κ2) is 4.17. The minimum Gasteiger partial charge on any atom is -0.379 e. The zero-order valence-corrected chi connectivity index (χ0v) is 9.28. The third-order valence-electron chi connectivity index (χ3n) is 3.62. The van der Waals surface area contributed by atoms with Crippen molar-refractivity contribution in [1.29, 1.82) is 0 Å². The van der Waals surface area contributed by atoms with Crippen LogP contribution < -0.4 is 5.73 Å². The fraction of sp³-hybridized carbons (Fsp3) is 1.00. The van der Waals surface area contributed by atoms with E-state index in [1.165, 1.54) is 13.0 Å². The van der Waals surface area contributed by atoms with Gasteiger partial charge in [-0.05, 0) is 25.3 Å². The van der Waals surface area contributed by atoms with Crippen LogP contribution in [0.2, 0.25) is 0 Å². The van der Waals surface area contributed by atoms with Crippen LogP contribution in [-0.4, -0.2) is 44.3 Å². The van der Waals surface area contributed by atoms with Gasteiger partial charge in [0, 0.05) is 25.0 Å². The number of hydrogen-bond acceptors (Lipinski definition) is 3. The van der Waals surface area contributed by atoms with Gasteiger partial charge in [-0.3, -0.25) is 0 Å². The molecule has 1 saturated carbocycles. The van der Waals surface area contributed by atoms with Gasteiger partial charge in [-0.25, -0.2) is 0 Å². The maximum absolute atomic E-state index is 5.95. The Kier molecular flexibility index (Phi) is 3.10. The van der Waals surface area contributed by atoms with Gasteiger partial charge in [0.15, 0.2) is 0 Å². The summed E-state index contributed by atoms with van der Waals surface area (Å²) in [5.41, 5.74) is 5.95. The van der Waals surface area contributed by atoms with Crippen LogP contribution in [0.4, 0.5) is 0 Å². The Hall–Kier alpha value is -0.120. The molecule has 0 aromatic heterocycles. The first-order chi connectivity index (χ1) is 6.66. The van der Waals surface area contributed by atoms with E-state index in [9.17, 15) is 0 Å². The van der Waals surface area contributed by atoms with Crippen LogP contribution >= 0.6 is 0 Å². The van der Waals surface area contributed by atoms with Gasteiger partial charge < -0.3 is 15.4 Å². The number of nitrogens with two attached hydrogens (primary N) is 1. The Labute approximate surface area is 86.6 Å². The smallest absolute Gasteiger partial charge is 0.0621 e. The van der Waals surface area contributed by atoms with Crippen LogP contribution in [-0.2, 0) is 4.74 Å². The molecule has 0 spiro atoms. The first-order valence-corrected chi connectivity index (χ1v) is 5.68. The predicted octanol–water partition coefficient (Wildman–Crippen LogP) is 0.548. The van der Waals surface area contributed by atoms with Crippen LogP contribution in [0.25, 0.3) is 0 Å². The van der Waals surface area contributed by atoms with Crippen LogP contribution in [0.5, 0.6) is 0 Å². The average molecular weight is 198 g/mol. The van der Waals surface area contributed by atoms with Crippen molar-refractivity contribution in [2.75, 3.05) is 33.4 Å². The van der Waals surface area contributed by atoms with Crippen molar-refractivity contribution < 1.29 is 4.74 Å². The van der Waals surface area contributed by atoms with Crippen LogP contribution in [0.1, 0.15) is 13.3 Å². The molecule has 0 amide bonds. The topological polar surface area (TPSA) is 38.5 Å². The lowest BCUT2D eigenvalue weighted by molar-refractivity contribution is 0.172. The van der Waals surface area contributed by atoms with Crippen molar-refractivity contribution in [2.24, 2.45) is 23.5 Å². The molecule has 2 aliphatic rings. The highest BCUT2D eigenvalue weighted by Gasteiger charge is 2.34. The van der Waals surface area contributed by atoms with Gasteiger partial charge >= 0.3 is 0 Å². The monoisotopic (exact) mass is 198 g/mol. The second-order valence-corrected chi connectivity index (χ2v) is 5.16. The van der Waals surface area contributed by atoms with E-state index >= 15 is 0 Å². The highest BCUT2D eigenvalue weighted by atomic mass is 16.5. The lowest BCUT2D eigenvalue weighted by atomic mass is 10.0. The normalized spacial score (nSPS) is 42.0. The van der Waals surface area contributed by atoms with E-state index in [2.05, 4.69) is 18.9 Å². The summed E-state index contributed by atoms with van der Waals surface area (Å²) in [5.74, 6) is 2.44. The highest BCUT2D eigenvalue weighted by Crippen LogP contribution is 2.38. The summed E-state index contributed by atoms with van der Waals surface area (Å²) in [6.07, 6.45) is 1.41. The number of rotatable bonds is 4. The molecule has 2 rings (SSSR count). The Morgan fingerprint density at radius 2 is 1.93 bits per heavy atom. The van der Waals surface area contributed by atoms with Crippen molar-refractivity contribution in [1.82, 2.24) is 4.90 Å². The molecule has 0 aromatic carbocycles. The van der Waals surface area contributed by atoms with E-state index in [4.69, 9.17) is 10.5 Å². The fourth-order valence-corrected chi connectivity index (χ4v) is 2.33. The minimum absolute atomic E-state index is 0.258. The summed E-state index contributed by atoms with van der Waals surface area (Å²) >= 11 is 0. The molecule has 0 bridgehead atoms. The molecule has 1 saturated heterocycles.